The topological polar surface area (TPSA) is 28.4 Å². The van der Waals surface area contributed by atoms with Crippen LogP contribution in [-0.4, -0.2) is 26.2 Å². The van der Waals surface area contributed by atoms with E-state index in [0.717, 1.165) is 30.8 Å². The van der Waals surface area contributed by atoms with E-state index in [1.54, 1.807) is 6.26 Å². The molecule has 3 heterocycles. The van der Waals surface area contributed by atoms with Crippen molar-refractivity contribution in [2.75, 3.05) is 31.1 Å². The zero-order chi connectivity index (χ0) is 9.38. The van der Waals surface area contributed by atoms with Gasteiger partial charge in [-0.2, -0.15) is 0 Å². The third-order valence-electron chi connectivity index (χ3n) is 3.31. The molecule has 76 valence electrons. The minimum absolute atomic E-state index is 0.813. The first-order valence-corrected chi connectivity index (χ1v) is 5.41. The molecule has 3 rings (SSSR count). The number of furan rings is 1. The summed E-state index contributed by atoms with van der Waals surface area (Å²) in [5.41, 5.74) is 0. The predicted molar refractivity (Wildman–Crippen MR) is 55.4 cm³/mol. The fraction of sp³-hybridized carbons (Fsp3) is 0.636. The summed E-state index contributed by atoms with van der Waals surface area (Å²) in [6.45, 7) is 4.65. The van der Waals surface area contributed by atoms with Gasteiger partial charge in [0.05, 0.1) is 6.26 Å². The van der Waals surface area contributed by atoms with Crippen LogP contribution in [0.1, 0.15) is 6.42 Å². The lowest BCUT2D eigenvalue weighted by Crippen LogP contribution is -2.51. The molecule has 1 N–H and O–H groups in total. The smallest absolute Gasteiger partial charge is 0.195 e. The van der Waals surface area contributed by atoms with Gasteiger partial charge in [0, 0.05) is 19.2 Å². The lowest BCUT2D eigenvalue weighted by atomic mass is 9.86. The third kappa shape index (κ3) is 1.42. The zero-order valence-corrected chi connectivity index (χ0v) is 8.28. The van der Waals surface area contributed by atoms with Crippen LogP contribution in [0.3, 0.4) is 0 Å². The Morgan fingerprint density at radius 2 is 2.07 bits per heavy atom. The molecule has 1 aromatic rings. The minimum Gasteiger partial charge on any atom is -0.449 e. The standard InChI is InChI=1S/C11H16N2O/c1-2-11(14-3-1)13-7-9-4-10(8-13)6-12-5-9/h1-3,9-10,12H,4-8H2. The summed E-state index contributed by atoms with van der Waals surface area (Å²) in [5.74, 6) is 2.67. The first-order chi connectivity index (χ1) is 6.92. The number of piperidine rings is 2. The van der Waals surface area contributed by atoms with Gasteiger partial charge in [0.25, 0.3) is 0 Å². The number of hydrogen-bond donors (Lipinski definition) is 1. The molecule has 2 unspecified atom stereocenters. The maximum atomic E-state index is 5.44. The monoisotopic (exact) mass is 192 g/mol. The summed E-state index contributed by atoms with van der Waals surface area (Å²) in [4.78, 5) is 2.39. The van der Waals surface area contributed by atoms with Gasteiger partial charge >= 0.3 is 0 Å². The summed E-state index contributed by atoms with van der Waals surface area (Å²) in [7, 11) is 0. The van der Waals surface area contributed by atoms with E-state index in [0.29, 0.717) is 0 Å². The van der Waals surface area contributed by atoms with Crippen molar-refractivity contribution in [2.45, 2.75) is 6.42 Å². The molecule has 2 atom stereocenters. The average Bonchev–Trinajstić information content (AvgIpc) is 2.69. The summed E-state index contributed by atoms with van der Waals surface area (Å²) in [5, 5.41) is 3.50. The Morgan fingerprint density at radius 3 is 2.71 bits per heavy atom. The van der Waals surface area contributed by atoms with Crippen molar-refractivity contribution in [2.24, 2.45) is 11.8 Å². The SMILES string of the molecule is c1coc(N2CC3CNCC(C3)C2)c1. The minimum atomic E-state index is 0.813. The quantitative estimate of drug-likeness (QED) is 0.727. The highest BCUT2D eigenvalue weighted by atomic mass is 16.3. The van der Waals surface area contributed by atoms with Crippen molar-refractivity contribution in [3.05, 3.63) is 18.4 Å². The van der Waals surface area contributed by atoms with E-state index >= 15 is 0 Å². The van der Waals surface area contributed by atoms with Crippen LogP contribution in [0.25, 0.3) is 0 Å². The molecule has 2 saturated heterocycles. The van der Waals surface area contributed by atoms with Crippen LogP contribution in [0.15, 0.2) is 22.8 Å². The van der Waals surface area contributed by atoms with E-state index in [1.165, 1.54) is 19.5 Å². The van der Waals surface area contributed by atoms with Gasteiger partial charge in [-0.1, -0.05) is 0 Å². The van der Waals surface area contributed by atoms with Gasteiger partial charge in [-0.15, -0.1) is 0 Å². The Hall–Kier alpha value is -0.960. The maximum absolute atomic E-state index is 5.44. The number of hydrogen-bond acceptors (Lipinski definition) is 3. The second-order valence-corrected chi connectivity index (χ2v) is 4.48. The number of fused-ring (bicyclic) bond motifs is 2. The van der Waals surface area contributed by atoms with Gasteiger partial charge in [0.2, 0.25) is 0 Å². The largest absolute Gasteiger partial charge is 0.449 e. The van der Waals surface area contributed by atoms with Crippen molar-refractivity contribution in [1.29, 1.82) is 0 Å². The van der Waals surface area contributed by atoms with Crippen LogP contribution in [-0.2, 0) is 0 Å². The molecule has 1 aromatic heterocycles. The van der Waals surface area contributed by atoms with E-state index < -0.39 is 0 Å². The molecule has 0 amide bonds. The van der Waals surface area contributed by atoms with E-state index in [4.69, 9.17) is 4.42 Å². The molecule has 3 nitrogen and oxygen atoms in total. The summed E-state index contributed by atoms with van der Waals surface area (Å²) in [6.07, 6.45) is 3.15. The van der Waals surface area contributed by atoms with Gasteiger partial charge in [-0.25, -0.2) is 0 Å². The molecular weight excluding hydrogens is 176 g/mol. The molecule has 2 aliphatic rings. The normalized spacial score (nSPS) is 31.9. The Bertz CT molecular complexity index is 284. The molecule has 0 spiro atoms. The molecule has 0 saturated carbocycles. The zero-order valence-electron chi connectivity index (χ0n) is 8.28. The summed E-state index contributed by atoms with van der Waals surface area (Å²) >= 11 is 0. The van der Waals surface area contributed by atoms with Crippen molar-refractivity contribution in [3.8, 4) is 0 Å². The Morgan fingerprint density at radius 1 is 1.29 bits per heavy atom. The number of nitrogens with zero attached hydrogens (tertiary/aromatic N) is 1. The van der Waals surface area contributed by atoms with E-state index in [2.05, 4.69) is 16.3 Å². The highest BCUT2D eigenvalue weighted by Crippen LogP contribution is 2.28. The van der Waals surface area contributed by atoms with E-state index in [1.807, 2.05) is 6.07 Å². The molecule has 2 bridgehead atoms. The van der Waals surface area contributed by atoms with Crippen molar-refractivity contribution in [3.63, 3.8) is 0 Å². The van der Waals surface area contributed by atoms with Gasteiger partial charge < -0.3 is 14.6 Å². The summed E-state index contributed by atoms with van der Waals surface area (Å²) in [6, 6.07) is 4.03. The number of rotatable bonds is 1. The molecular formula is C11H16N2O. The molecule has 2 fully saturated rings. The Labute approximate surface area is 84.1 Å². The van der Waals surface area contributed by atoms with Crippen LogP contribution in [0.2, 0.25) is 0 Å². The average molecular weight is 192 g/mol. The molecule has 3 heteroatoms. The number of anilines is 1. The first-order valence-electron chi connectivity index (χ1n) is 5.41. The van der Waals surface area contributed by atoms with E-state index in [-0.39, 0.29) is 0 Å². The highest BCUT2D eigenvalue weighted by molar-refractivity contribution is 5.35. The van der Waals surface area contributed by atoms with Gasteiger partial charge in [-0.05, 0) is 37.4 Å². The van der Waals surface area contributed by atoms with Crippen LogP contribution in [0, 0.1) is 11.8 Å². The molecule has 2 aliphatic heterocycles. The van der Waals surface area contributed by atoms with Gasteiger partial charge in [0.15, 0.2) is 5.88 Å². The fourth-order valence-corrected chi connectivity index (χ4v) is 2.74. The summed E-state index contributed by atoms with van der Waals surface area (Å²) < 4.78 is 5.44. The maximum Gasteiger partial charge on any atom is 0.195 e. The second kappa shape index (κ2) is 3.31. The van der Waals surface area contributed by atoms with Crippen molar-refractivity contribution >= 4 is 5.88 Å². The van der Waals surface area contributed by atoms with E-state index in [9.17, 15) is 0 Å². The highest BCUT2D eigenvalue weighted by Gasteiger charge is 2.31. The van der Waals surface area contributed by atoms with Crippen LogP contribution >= 0.6 is 0 Å². The lowest BCUT2D eigenvalue weighted by Gasteiger charge is -2.41. The molecule has 0 aromatic carbocycles. The second-order valence-electron chi connectivity index (χ2n) is 4.48. The lowest BCUT2D eigenvalue weighted by molar-refractivity contribution is 0.244. The van der Waals surface area contributed by atoms with Crippen LogP contribution in [0.5, 0.6) is 0 Å². The van der Waals surface area contributed by atoms with Crippen LogP contribution < -0.4 is 10.2 Å². The van der Waals surface area contributed by atoms with Gasteiger partial charge in [-0.3, -0.25) is 0 Å². The Balaban J connectivity index is 1.77. The van der Waals surface area contributed by atoms with Crippen molar-refractivity contribution in [1.82, 2.24) is 5.32 Å². The predicted octanol–water partition coefficient (Wildman–Crippen LogP) is 1.33. The molecule has 14 heavy (non-hydrogen) atoms. The third-order valence-corrected chi connectivity index (χ3v) is 3.31. The fourth-order valence-electron chi connectivity index (χ4n) is 2.74. The molecule has 0 aliphatic carbocycles. The van der Waals surface area contributed by atoms with Gasteiger partial charge in [0.1, 0.15) is 0 Å². The molecule has 0 radical (unpaired) electrons. The van der Waals surface area contributed by atoms with Crippen molar-refractivity contribution < 1.29 is 4.42 Å². The van der Waals surface area contributed by atoms with Crippen LogP contribution in [0.4, 0.5) is 5.88 Å². The first kappa shape index (κ1) is 8.36. The number of nitrogens with one attached hydrogen (secondary N) is 1. The Kier molecular flexibility index (Phi) is 1.98.